The highest BCUT2D eigenvalue weighted by Gasteiger charge is 2.54. The summed E-state index contributed by atoms with van der Waals surface area (Å²) >= 11 is 0. The number of benzene rings is 1. The minimum Gasteiger partial charge on any atom is -0.406 e. The van der Waals surface area contributed by atoms with E-state index in [0.29, 0.717) is 5.56 Å². The van der Waals surface area contributed by atoms with Gasteiger partial charge < -0.3 is 19.7 Å². The number of hydrogen-bond acceptors (Lipinski definition) is 6. The van der Waals surface area contributed by atoms with Gasteiger partial charge in [-0.1, -0.05) is 0 Å². The molecule has 0 bridgehead atoms. The molecular weight excluding hydrogens is 453 g/mol. The van der Waals surface area contributed by atoms with Gasteiger partial charge in [-0.25, -0.2) is 14.7 Å². The van der Waals surface area contributed by atoms with Crippen LogP contribution in [-0.2, 0) is 9.53 Å². The molecule has 2 fully saturated rings. The number of nitrogens with zero attached hydrogens (tertiary/aromatic N) is 3. The molecule has 1 N–H and O–H groups in total. The first-order valence-corrected chi connectivity index (χ1v) is 11.0. The number of urea groups is 1. The van der Waals surface area contributed by atoms with Gasteiger partial charge in [0.1, 0.15) is 23.2 Å². The Morgan fingerprint density at radius 1 is 1.15 bits per heavy atom. The lowest BCUT2D eigenvalue weighted by Gasteiger charge is -2.32. The number of aromatic nitrogens is 1. The summed E-state index contributed by atoms with van der Waals surface area (Å²) in [5.74, 6) is -0.262. The van der Waals surface area contributed by atoms with Crippen LogP contribution in [-0.4, -0.2) is 48.5 Å². The van der Waals surface area contributed by atoms with Crippen LogP contribution in [0.25, 0.3) is 0 Å². The number of halogens is 3. The maximum absolute atomic E-state index is 13.5. The molecule has 2 aromatic rings. The van der Waals surface area contributed by atoms with Gasteiger partial charge >= 0.3 is 12.4 Å². The third-order valence-electron chi connectivity index (χ3n) is 5.91. The van der Waals surface area contributed by atoms with Crippen molar-refractivity contribution in [1.82, 2.24) is 10.3 Å². The van der Waals surface area contributed by atoms with Crippen molar-refractivity contribution in [2.45, 2.75) is 44.7 Å². The minimum absolute atomic E-state index is 0.114. The second-order valence-corrected chi connectivity index (χ2v) is 8.29. The smallest absolute Gasteiger partial charge is 0.406 e. The Morgan fingerprint density at radius 3 is 2.44 bits per heavy atom. The van der Waals surface area contributed by atoms with Crippen molar-refractivity contribution in [2.24, 2.45) is 0 Å². The number of anilines is 2. The topological polar surface area (TPSA) is 84.0 Å². The molecule has 3 amide bonds. The molecular formula is C23H25F3N4O4. The van der Waals surface area contributed by atoms with E-state index >= 15 is 0 Å². The van der Waals surface area contributed by atoms with Crippen LogP contribution in [0.3, 0.4) is 0 Å². The van der Waals surface area contributed by atoms with Crippen molar-refractivity contribution in [3.05, 3.63) is 48.2 Å². The lowest BCUT2D eigenvalue weighted by molar-refractivity contribution is -0.274. The number of hydrogen-bond donors (Lipinski definition) is 1. The normalized spacial score (nSPS) is 21.7. The molecule has 2 aliphatic heterocycles. The molecule has 4 rings (SSSR count). The number of rotatable bonds is 7. The molecule has 0 radical (unpaired) electrons. The van der Waals surface area contributed by atoms with Gasteiger partial charge in [-0.2, -0.15) is 0 Å². The van der Waals surface area contributed by atoms with Gasteiger partial charge in [0.2, 0.25) is 0 Å². The van der Waals surface area contributed by atoms with E-state index in [9.17, 15) is 22.8 Å². The molecule has 3 heterocycles. The first-order valence-electron chi connectivity index (χ1n) is 11.0. The molecule has 2 saturated heterocycles. The van der Waals surface area contributed by atoms with Gasteiger partial charge in [-0.15, -0.1) is 13.2 Å². The number of nitrogens with one attached hydrogen (secondary N) is 1. The Balaban J connectivity index is 1.62. The molecule has 1 aromatic carbocycles. The minimum atomic E-state index is -4.84. The van der Waals surface area contributed by atoms with Crippen LogP contribution in [0.1, 0.15) is 38.4 Å². The maximum Gasteiger partial charge on any atom is 0.573 e. The number of ether oxygens (including phenoxy) is 2. The molecule has 2 unspecified atom stereocenters. The highest BCUT2D eigenvalue weighted by Crippen LogP contribution is 2.38. The van der Waals surface area contributed by atoms with E-state index in [1.165, 1.54) is 12.1 Å². The van der Waals surface area contributed by atoms with E-state index in [4.69, 9.17) is 4.74 Å². The maximum atomic E-state index is 13.5. The van der Waals surface area contributed by atoms with Crippen molar-refractivity contribution in [2.75, 3.05) is 29.5 Å². The average molecular weight is 478 g/mol. The summed E-state index contributed by atoms with van der Waals surface area (Å²) in [6.45, 7) is 5.44. The molecule has 182 valence electrons. The number of carbonyl (C=O) groups excluding carboxylic acids is 2. The van der Waals surface area contributed by atoms with Gasteiger partial charge in [0.25, 0.3) is 5.91 Å². The zero-order valence-corrected chi connectivity index (χ0v) is 18.8. The third-order valence-corrected chi connectivity index (χ3v) is 5.91. The van der Waals surface area contributed by atoms with Gasteiger partial charge in [0, 0.05) is 25.9 Å². The van der Waals surface area contributed by atoms with Crippen molar-refractivity contribution in [3.63, 3.8) is 0 Å². The predicted molar refractivity (Wildman–Crippen MR) is 118 cm³/mol. The standard InChI is InChI=1S/C23H25F3N4O4/c1-3-33-19(15-10-11-27-18(14-15)29-12-4-5-13-29)22(2)20(31)30(21(32)28-22)16-6-8-17(9-7-16)34-23(24,25)26/h6-11,14,19H,3-5,12-13H2,1-2H3,(H,28,32). The lowest BCUT2D eigenvalue weighted by Crippen LogP contribution is -2.50. The molecule has 1 aromatic heterocycles. The molecule has 0 spiro atoms. The van der Waals surface area contributed by atoms with Crippen molar-refractivity contribution in [1.29, 1.82) is 0 Å². The van der Waals surface area contributed by atoms with Crippen molar-refractivity contribution in [3.8, 4) is 5.75 Å². The van der Waals surface area contributed by atoms with Crippen LogP contribution in [0, 0.1) is 0 Å². The number of imide groups is 1. The van der Waals surface area contributed by atoms with Crippen molar-refractivity contribution >= 4 is 23.4 Å². The average Bonchev–Trinajstić information content (AvgIpc) is 3.39. The fourth-order valence-corrected chi connectivity index (χ4v) is 4.34. The molecule has 0 saturated carbocycles. The Labute approximate surface area is 194 Å². The van der Waals surface area contributed by atoms with Crippen LogP contribution in [0.4, 0.5) is 29.5 Å². The van der Waals surface area contributed by atoms with Gasteiger partial charge in [0.05, 0.1) is 5.69 Å². The van der Waals surface area contributed by atoms with E-state index in [-0.39, 0.29) is 12.3 Å². The van der Waals surface area contributed by atoms with Gasteiger partial charge in [-0.05, 0) is 68.7 Å². The number of alkyl halides is 3. The second-order valence-electron chi connectivity index (χ2n) is 8.29. The summed E-state index contributed by atoms with van der Waals surface area (Å²) in [6, 6.07) is 7.44. The largest absolute Gasteiger partial charge is 0.573 e. The number of amides is 3. The second kappa shape index (κ2) is 9.13. The summed E-state index contributed by atoms with van der Waals surface area (Å²) in [6.07, 6.45) is -1.85. The highest BCUT2D eigenvalue weighted by molar-refractivity contribution is 6.23. The first kappa shape index (κ1) is 23.8. The van der Waals surface area contributed by atoms with Gasteiger partial charge in [0.15, 0.2) is 0 Å². The molecule has 2 atom stereocenters. The molecule has 8 nitrogen and oxygen atoms in total. The highest BCUT2D eigenvalue weighted by atomic mass is 19.4. The van der Waals surface area contributed by atoms with E-state index in [2.05, 4.69) is 19.9 Å². The van der Waals surface area contributed by atoms with Crippen LogP contribution in [0.5, 0.6) is 5.75 Å². The molecule has 11 heteroatoms. The van der Waals surface area contributed by atoms with Crippen LogP contribution >= 0.6 is 0 Å². The fraction of sp³-hybridized carbons (Fsp3) is 0.435. The molecule has 2 aliphatic rings. The van der Waals surface area contributed by atoms with Crippen molar-refractivity contribution < 1.29 is 32.2 Å². The fourth-order valence-electron chi connectivity index (χ4n) is 4.34. The monoisotopic (exact) mass is 478 g/mol. The number of pyridine rings is 1. The van der Waals surface area contributed by atoms with E-state index in [0.717, 1.165) is 48.8 Å². The molecule has 34 heavy (non-hydrogen) atoms. The van der Waals surface area contributed by atoms with Crippen LogP contribution in [0.2, 0.25) is 0 Å². The van der Waals surface area contributed by atoms with E-state index in [1.54, 1.807) is 26.1 Å². The summed E-state index contributed by atoms with van der Waals surface area (Å²) < 4.78 is 47.2. The zero-order chi connectivity index (χ0) is 24.5. The quantitative estimate of drug-likeness (QED) is 0.602. The predicted octanol–water partition coefficient (Wildman–Crippen LogP) is 4.17. The summed E-state index contributed by atoms with van der Waals surface area (Å²) in [7, 11) is 0. The number of carbonyl (C=O) groups is 2. The van der Waals surface area contributed by atoms with Crippen LogP contribution in [0.15, 0.2) is 42.6 Å². The summed E-state index contributed by atoms with van der Waals surface area (Å²) in [4.78, 5) is 33.8. The Bertz CT molecular complexity index is 1060. The Hall–Kier alpha value is -3.34. The SMILES string of the molecule is CCOC(c1ccnc(N2CCCC2)c1)C1(C)NC(=O)N(c2ccc(OC(F)(F)F)cc2)C1=O. The Morgan fingerprint density at radius 2 is 1.82 bits per heavy atom. The Kier molecular flexibility index (Phi) is 6.39. The summed E-state index contributed by atoms with van der Waals surface area (Å²) in [5, 5.41) is 2.72. The summed E-state index contributed by atoms with van der Waals surface area (Å²) in [5.41, 5.74) is -0.646. The third kappa shape index (κ3) is 4.65. The molecule has 0 aliphatic carbocycles. The van der Waals surface area contributed by atoms with Crippen LogP contribution < -0.4 is 19.9 Å². The van der Waals surface area contributed by atoms with Gasteiger partial charge in [-0.3, -0.25) is 4.79 Å². The zero-order valence-electron chi connectivity index (χ0n) is 18.8. The van der Waals surface area contributed by atoms with E-state index in [1.807, 2.05) is 6.07 Å². The van der Waals surface area contributed by atoms with E-state index < -0.39 is 35.7 Å². The first-order chi connectivity index (χ1) is 16.1. The lowest BCUT2D eigenvalue weighted by atomic mass is 9.89.